The fraction of sp³-hybridized carbons (Fsp3) is 0.222. The van der Waals surface area contributed by atoms with Crippen molar-refractivity contribution in [3.8, 4) is 0 Å². The third-order valence-corrected chi connectivity index (χ3v) is 11.3. The van der Waals surface area contributed by atoms with Gasteiger partial charge in [0.1, 0.15) is 37.6 Å². The smallest absolute Gasteiger partial charge is 0.338 e. The Morgan fingerprint density at radius 1 is 0.352 bits per heavy atom. The number of benzene rings is 6. The summed E-state index contributed by atoms with van der Waals surface area (Å²) in [6, 6.07) is 46.6. The van der Waals surface area contributed by atoms with Crippen molar-refractivity contribution in [2.24, 2.45) is 0 Å². The van der Waals surface area contributed by atoms with Gasteiger partial charge in [0.15, 0.2) is 37.0 Å². The highest BCUT2D eigenvalue weighted by Crippen LogP contribution is 2.35. The van der Waals surface area contributed by atoms with E-state index in [0.717, 1.165) is 0 Å². The van der Waals surface area contributed by atoms with Crippen LogP contribution < -0.4 is 0 Å². The van der Waals surface area contributed by atoms with Crippen LogP contribution in [0.5, 0.6) is 0 Å². The van der Waals surface area contributed by atoms with Crippen LogP contribution >= 0.6 is 0 Å². The second-order valence-electron chi connectivity index (χ2n) is 16.1. The van der Waals surface area contributed by atoms with Gasteiger partial charge in [-0.25, -0.2) is 28.8 Å². The molecule has 10 atom stereocenters. The summed E-state index contributed by atoms with van der Waals surface area (Å²) in [5.41, 5.74) is 0.436. The van der Waals surface area contributed by atoms with E-state index >= 15 is 0 Å². The second kappa shape index (κ2) is 23.5. The molecule has 2 heterocycles. The molecule has 0 spiro atoms. The van der Waals surface area contributed by atoms with E-state index < -0.39 is 110 Å². The van der Waals surface area contributed by atoms with Gasteiger partial charge in [-0.3, -0.25) is 0 Å². The lowest BCUT2D eigenvalue weighted by molar-refractivity contribution is -0.352. The summed E-state index contributed by atoms with van der Waals surface area (Å²) in [6.45, 7) is -1.41. The Labute approximate surface area is 406 Å². The number of aliphatic hydroxyl groups excluding tert-OH is 2. The van der Waals surface area contributed by atoms with Crippen molar-refractivity contribution >= 4 is 35.8 Å². The van der Waals surface area contributed by atoms with Crippen molar-refractivity contribution in [1.29, 1.82) is 0 Å². The molecule has 2 aliphatic heterocycles. The van der Waals surface area contributed by atoms with Crippen LogP contribution in [-0.4, -0.2) is 121 Å². The summed E-state index contributed by atoms with van der Waals surface area (Å²) in [5, 5.41) is 23.5. The minimum Gasteiger partial charge on any atom is -0.459 e. The molecule has 364 valence electrons. The number of hydrogen-bond donors (Lipinski definition) is 2. The average molecular weight is 967 g/mol. The predicted molar refractivity (Wildman–Crippen MR) is 246 cm³/mol. The number of aliphatic hydroxyl groups is 2. The molecule has 8 rings (SSSR count). The molecule has 0 bridgehead atoms. The van der Waals surface area contributed by atoms with Crippen molar-refractivity contribution < 1.29 is 81.6 Å². The normalized spacial score (nSPS) is 23.7. The minimum absolute atomic E-state index is 0.0128. The largest absolute Gasteiger partial charge is 0.459 e. The van der Waals surface area contributed by atoms with Gasteiger partial charge in [-0.1, -0.05) is 109 Å². The number of esters is 6. The van der Waals surface area contributed by atoms with Crippen LogP contribution in [0.15, 0.2) is 182 Å². The molecule has 0 unspecified atom stereocenters. The molecule has 17 nitrogen and oxygen atoms in total. The minimum atomic E-state index is -2.04. The summed E-state index contributed by atoms with van der Waals surface area (Å²) in [4.78, 5) is 82.5. The number of rotatable bonds is 16. The average Bonchev–Trinajstić information content (AvgIpc) is 3.42. The molecule has 17 heteroatoms. The Morgan fingerprint density at radius 2 is 0.648 bits per heavy atom. The molecule has 0 amide bonds. The highest BCUT2D eigenvalue weighted by atomic mass is 16.8. The molecule has 6 aromatic carbocycles. The monoisotopic (exact) mass is 966 g/mol. The molecule has 2 fully saturated rings. The van der Waals surface area contributed by atoms with E-state index in [1.54, 1.807) is 109 Å². The maximum Gasteiger partial charge on any atom is 0.338 e. The Morgan fingerprint density at radius 3 is 1.01 bits per heavy atom. The first kappa shape index (κ1) is 49.4. The van der Waals surface area contributed by atoms with Crippen LogP contribution in [0.4, 0.5) is 0 Å². The molecular formula is C54H46O17. The van der Waals surface area contributed by atoms with Crippen LogP contribution in [0.1, 0.15) is 62.1 Å². The van der Waals surface area contributed by atoms with Crippen LogP contribution in [0.3, 0.4) is 0 Å². The molecule has 0 aliphatic carbocycles. The summed E-state index contributed by atoms with van der Waals surface area (Å²) < 4.78 is 54.3. The van der Waals surface area contributed by atoms with Crippen molar-refractivity contribution in [2.45, 2.75) is 61.4 Å². The zero-order chi connectivity index (χ0) is 49.7. The van der Waals surface area contributed by atoms with Gasteiger partial charge in [0.25, 0.3) is 0 Å². The lowest BCUT2D eigenvalue weighted by atomic mass is 9.96. The molecule has 71 heavy (non-hydrogen) atoms. The Balaban J connectivity index is 1.21. The van der Waals surface area contributed by atoms with Crippen molar-refractivity contribution in [3.05, 3.63) is 215 Å². The SMILES string of the molecule is O=C(OC[C@H]1O[C@@H](O)[C@H](OC(=O)c2ccccc2)[C@@H](O)[C@@H]1O[C@@H]1O[C@H](COC(=O)c2ccccc2)[C@@H](OC(=O)c2ccccc2)[C@H](OC(=O)c2ccccc2)[C@H]1OC(=O)c1ccccc1)c1ccccc1. The van der Waals surface area contributed by atoms with Gasteiger partial charge in [-0.2, -0.15) is 0 Å². The lowest BCUT2D eigenvalue weighted by Gasteiger charge is -2.47. The third-order valence-electron chi connectivity index (χ3n) is 11.3. The molecular weight excluding hydrogens is 921 g/mol. The van der Waals surface area contributed by atoms with E-state index in [0.29, 0.717) is 0 Å². The molecule has 0 saturated carbocycles. The summed E-state index contributed by atoms with van der Waals surface area (Å²) >= 11 is 0. The van der Waals surface area contributed by atoms with E-state index in [4.69, 9.17) is 42.6 Å². The van der Waals surface area contributed by atoms with E-state index in [1.165, 1.54) is 72.8 Å². The standard InChI is InChI=1S/C54H46O17/c55-41-42(39(31-63-47(56)33-19-7-1-8-20-33)65-53(62)44(41)68-50(59)36-25-13-4-14-26-36)71-54-46(70-52(61)38-29-17-6-18-30-38)45(69-51(60)37-27-15-5-16-28-37)43(67-49(58)35-23-11-3-12-24-35)40(66-54)32-64-48(57)34-21-9-2-10-22-34/h1-30,39-46,53-55,62H,31-32H2/t39-,40-,41+,42-,43-,44-,45+,46-,53-,54+/m1/s1. The molecule has 2 saturated heterocycles. The first-order chi connectivity index (χ1) is 34.5. The van der Waals surface area contributed by atoms with Gasteiger partial charge < -0.3 is 52.8 Å². The van der Waals surface area contributed by atoms with Crippen LogP contribution in [0.2, 0.25) is 0 Å². The number of ether oxygens (including phenoxy) is 9. The van der Waals surface area contributed by atoms with Crippen molar-refractivity contribution in [3.63, 3.8) is 0 Å². The fourth-order valence-electron chi connectivity index (χ4n) is 7.71. The summed E-state index contributed by atoms with van der Waals surface area (Å²) in [7, 11) is 0. The van der Waals surface area contributed by atoms with Gasteiger partial charge in [-0.15, -0.1) is 0 Å². The second-order valence-corrected chi connectivity index (χ2v) is 16.1. The van der Waals surface area contributed by atoms with Gasteiger partial charge in [0.2, 0.25) is 0 Å². The maximum atomic E-state index is 14.2. The van der Waals surface area contributed by atoms with E-state index in [9.17, 15) is 39.0 Å². The van der Waals surface area contributed by atoms with E-state index in [2.05, 4.69) is 0 Å². The number of carbonyl (C=O) groups excluding carboxylic acids is 6. The van der Waals surface area contributed by atoms with Gasteiger partial charge in [0.05, 0.1) is 33.4 Å². The summed E-state index contributed by atoms with van der Waals surface area (Å²) in [5.74, 6) is -5.56. The highest BCUT2D eigenvalue weighted by molar-refractivity contribution is 5.92. The van der Waals surface area contributed by atoms with Gasteiger partial charge >= 0.3 is 35.8 Å². The Bertz CT molecular complexity index is 2730. The quantitative estimate of drug-likeness (QED) is 0.0864. The molecule has 2 N–H and O–H groups in total. The van der Waals surface area contributed by atoms with Crippen LogP contribution in [0.25, 0.3) is 0 Å². The first-order valence-corrected chi connectivity index (χ1v) is 22.3. The van der Waals surface area contributed by atoms with Crippen molar-refractivity contribution in [1.82, 2.24) is 0 Å². The number of carbonyl (C=O) groups is 6. The fourth-order valence-corrected chi connectivity index (χ4v) is 7.71. The maximum absolute atomic E-state index is 14.2. The Hall–Kier alpha value is -8.06. The zero-order valence-corrected chi connectivity index (χ0v) is 37.5. The molecule has 0 radical (unpaired) electrons. The van der Waals surface area contributed by atoms with Crippen LogP contribution in [-0.2, 0) is 42.6 Å². The van der Waals surface area contributed by atoms with Crippen LogP contribution in [0, 0.1) is 0 Å². The predicted octanol–water partition coefficient (Wildman–Crippen LogP) is 5.79. The Kier molecular flexibility index (Phi) is 16.3. The topological polar surface area (TPSA) is 226 Å². The summed E-state index contributed by atoms with van der Waals surface area (Å²) in [6.07, 6.45) is -18.5. The van der Waals surface area contributed by atoms with E-state index in [1.807, 2.05) is 0 Å². The van der Waals surface area contributed by atoms with E-state index in [-0.39, 0.29) is 33.4 Å². The van der Waals surface area contributed by atoms with Crippen molar-refractivity contribution in [2.75, 3.05) is 13.2 Å². The molecule has 6 aromatic rings. The lowest BCUT2D eigenvalue weighted by Crippen LogP contribution is -2.66. The first-order valence-electron chi connectivity index (χ1n) is 22.3. The van der Waals surface area contributed by atoms with Gasteiger partial charge in [0, 0.05) is 0 Å². The molecule has 2 aliphatic rings. The highest BCUT2D eigenvalue weighted by Gasteiger charge is 2.57. The third kappa shape index (κ3) is 12.4. The zero-order valence-electron chi connectivity index (χ0n) is 37.5. The molecule has 0 aromatic heterocycles. The number of hydrogen-bond acceptors (Lipinski definition) is 17. The van der Waals surface area contributed by atoms with Gasteiger partial charge in [-0.05, 0) is 72.8 Å².